The smallest absolute Gasteiger partial charge is 0.195 e. The van der Waals surface area contributed by atoms with Gasteiger partial charge in [-0.3, -0.25) is 0 Å². The van der Waals surface area contributed by atoms with Crippen molar-refractivity contribution in [2.75, 3.05) is 6.61 Å². The lowest BCUT2D eigenvalue weighted by Gasteiger charge is -2.50. The maximum atomic E-state index is 12.2. The van der Waals surface area contributed by atoms with Crippen LogP contribution in [0.5, 0.6) is 0 Å². The minimum atomic E-state index is -1.67. The number of ether oxygens (including phenoxy) is 5. The molecule has 0 bridgehead atoms. The van der Waals surface area contributed by atoms with E-state index in [1.807, 2.05) is 121 Å². The second kappa shape index (κ2) is 16.5. The van der Waals surface area contributed by atoms with E-state index in [-0.39, 0.29) is 19.6 Å². The first kappa shape index (κ1) is 31.8. The van der Waals surface area contributed by atoms with E-state index in [0.717, 1.165) is 22.3 Å². The van der Waals surface area contributed by atoms with Gasteiger partial charge in [-0.05, 0) is 28.7 Å². The highest BCUT2D eigenvalue weighted by Crippen LogP contribution is 2.38. The SMILES string of the molecule is C=CCC[C@]1(O)O[C@H](COCc2ccccc2)[C@@H](OCc2ccccc2)[C@H](OCc2ccccc2)[C@H]1OCc1ccccc1. The van der Waals surface area contributed by atoms with Crippen LogP contribution < -0.4 is 0 Å². The standard InChI is InChI=1S/C38H42O6/c1-2-3-24-38(39)37(43-28-33-22-14-7-15-23-33)36(42-27-32-20-12-6-13-21-32)35(41-26-31-18-10-5-11-19-31)34(44-38)29-40-25-30-16-8-4-9-17-30/h2,4-23,34-37,39H,1,3,24-29H2/t34-,35-,36+,37-,38+/m1/s1. The molecule has 1 saturated heterocycles. The molecule has 5 rings (SSSR count). The van der Waals surface area contributed by atoms with E-state index in [0.29, 0.717) is 26.2 Å². The molecule has 1 heterocycles. The fraction of sp³-hybridized carbons (Fsp3) is 0.316. The summed E-state index contributed by atoms with van der Waals surface area (Å²) in [5.41, 5.74) is 4.06. The molecule has 0 spiro atoms. The van der Waals surface area contributed by atoms with Gasteiger partial charge in [-0.25, -0.2) is 0 Å². The molecule has 0 aliphatic carbocycles. The molecule has 5 atom stereocenters. The molecule has 6 heteroatoms. The molecule has 1 N–H and O–H groups in total. The van der Waals surface area contributed by atoms with Crippen LogP contribution in [0.3, 0.4) is 0 Å². The normalized spacial score (nSPS) is 23.3. The molecule has 230 valence electrons. The van der Waals surface area contributed by atoms with Crippen molar-refractivity contribution in [2.24, 2.45) is 0 Å². The number of hydrogen-bond donors (Lipinski definition) is 1. The quantitative estimate of drug-likeness (QED) is 0.141. The summed E-state index contributed by atoms with van der Waals surface area (Å²) in [5, 5.41) is 12.2. The first-order valence-electron chi connectivity index (χ1n) is 15.2. The maximum absolute atomic E-state index is 12.2. The molecule has 4 aromatic rings. The Hall–Kier alpha value is -3.62. The van der Waals surface area contributed by atoms with Crippen LogP contribution in [0.25, 0.3) is 0 Å². The Balaban J connectivity index is 1.45. The van der Waals surface area contributed by atoms with Crippen LogP contribution in [0.1, 0.15) is 35.1 Å². The van der Waals surface area contributed by atoms with Gasteiger partial charge in [-0.2, -0.15) is 0 Å². The summed E-state index contributed by atoms with van der Waals surface area (Å²) in [5.74, 6) is -1.67. The predicted octanol–water partition coefficient (Wildman–Crippen LogP) is 7.01. The van der Waals surface area contributed by atoms with Gasteiger partial charge in [0.05, 0.1) is 33.0 Å². The van der Waals surface area contributed by atoms with E-state index in [9.17, 15) is 5.11 Å². The topological polar surface area (TPSA) is 66.4 Å². The van der Waals surface area contributed by atoms with E-state index in [1.54, 1.807) is 6.08 Å². The third-order valence-electron chi connectivity index (χ3n) is 7.73. The van der Waals surface area contributed by atoms with Crippen LogP contribution in [0.4, 0.5) is 0 Å². The highest BCUT2D eigenvalue weighted by Gasteiger charge is 2.55. The highest BCUT2D eigenvalue weighted by molar-refractivity contribution is 5.17. The number of benzene rings is 4. The monoisotopic (exact) mass is 594 g/mol. The average molecular weight is 595 g/mol. The van der Waals surface area contributed by atoms with Gasteiger partial charge >= 0.3 is 0 Å². The summed E-state index contributed by atoms with van der Waals surface area (Å²) in [7, 11) is 0. The Morgan fingerprint density at radius 3 is 1.52 bits per heavy atom. The molecule has 0 saturated carbocycles. The van der Waals surface area contributed by atoms with E-state index in [4.69, 9.17) is 23.7 Å². The molecule has 0 amide bonds. The Bertz CT molecular complexity index is 1370. The highest BCUT2D eigenvalue weighted by atomic mass is 16.7. The van der Waals surface area contributed by atoms with Gasteiger partial charge in [-0.15, -0.1) is 6.58 Å². The Morgan fingerprint density at radius 1 is 0.614 bits per heavy atom. The molecule has 44 heavy (non-hydrogen) atoms. The number of allylic oxidation sites excluding steroid dienone is 1. The second-order valence-electron chi connectivity index (χ2n) is 11.1. The van der Waals surface area contributed by atoms with Crippen LogP contribution in [0, 0.1) is 0 Å². The number of aliphatic hydroxyl groups is 1. The summed E-state index contributed by atoms with van der Waals surface area (Å²) >= 11 is 0. The molecule has 1 aliphatic rings. The zero-order valence-electron chi connectivity index (χ0n) is 25.1. The summed E-state index contributed by atoms with van der Waals surface area (Å²) < 4.78 is 32.6. The van der Waals surface area contributed by atoms with Gasteiger partial charge < -0.3 is 28.8 Å². The predicted molar refractivity (Wildman–Crippen MR) is 170 cm³/mol. The Labute approximate surface area is 260 Å². The van der Waals surface area contributed by atoms with Gasteiger partial charge in [-0.1, -0.05) is 127 Å². The summed E-state index contributed by atoms with van der Waals surface area (Å²) in [4.78, 5) is 0. The van der Waals surface area contributed by atoms with Crippen LogP contribution in [0.15, 0.2) is 134 Å². The summed E-state index contributed by atoms with van der Waals surface area (Å²) in [6.45, 7) is 5.41. The molecule has 1 fully saturated rings. The fourth-order valence-corrected chi connectivity index (χ4v) is 5.45. The van der Waals surface area contributed by atoms with Crippen molar-refractivity contribution >= 4 is 0 Å². The van der Waals surface area contributed by atoms with Crippen molar-refractivity contribution in [1.82, 2.24) is 0 Å². The van der Waals surface area contributed by atoms with Crippen molar-refractivity contribution in [3.05, 3.63) is 156 Å². The molecule has 6 nitrogen and oxygen atoms in total. The van der Waals surface area contributed by atoms with Crippen LogP contribution in [0.2, 0.25) is 0 Å². The van der Waals surface area contributed by atoms with Crippen molar-refractivity contribution in [3.8, 4) is 0 Å². The van der Waals surface area contributed by atoms with E-state index < -0.39 is 30.2 Å². The minimum absolute atomic E-state index is 0.196. The lowest BCUT2D eigenvalue weighted by molar-refractivity contribution is -0.372. The zero-order chi connectivity index (χ0) is 30.5. The molecular weight excluding hydrogens is 552 g/mol. The van der Waals surface area contributed by atoms with Crippen LogP contribution >= 0.6 is 0 Å². The van der Waals surface area contributed by atoms with E-state index in [1.165, 1.54) is 0 Å². The minimum Gasteiger partial charge on any atom is -0.374 e. The van der Waals surface area contributed by atoms with Gasteiger partial charge in [0.2, 0.25) is 0 Å². The van der Waals surface area contributed by atoms with E-state index in [2.05, 4.69) is 6.58 Å². The molecule has 0 aromatic heterocycles. The van der Waals surface area contributed by atoms with Crippen molar-refractivity contribution in [3.63, 3.8) is 0 Å². The van der Waals surface area contributed by atoms with Crippen LogP contribution in [-0.2, 0) is 50.1 Å². The third kappa shape index (κ3) is 8.96. The third-order valence-corrected chi connectivity index (χ3v) is 7.73. The Morgan fingerprint density at radius 2 is 1.05 bits per heavy atom. The van der Waals surface area contributed by atoms with Crippen molar-refractivity contribution < 1.29 is 28.8 Å². The maximum Gasteiger partial charge on any atom is 0.195 e. The summed E-state index contributed by atoms with van der Waals surface area (Å²) in [6, 6.07) is 39.8. The van der Waals surface area contributed by atoms with E-state index >= 15 is 0 Å². The van der Waals surface area contributed by atoms with Gasteiger partial charge in [0.1, 0.15) is 24.4 Å². The molecule has 0 unspecified atom stereocenters. The lowest BCUT2D eigenvalue weighted by Crippen LogP contribution is -2.67. The van der Waals surface area contributed by atoms with Crippen molar-refractivity contribution in [1.29, 1.82) is 0 Å². The van der Waals surface area contributed by atoms with Crippen LogP contribution in [-0.4, -0.2) is 41.9 Å². The fourth-order valence-electron chi connectivity index (χ4n) is 5.45. The average Bonchev–Trinajstić information content (AvgIpc) is 3.07. The second-order valence-corrected chi connectivity index (χ2v) is 11.1. The van der Waals surface area contributed by atoms with Gasteiger partial charge in [0.15, 0.2) is 5.79 Å². The first-order chi connectivity index (χ1) is 21.6. The largest absolute Gasteiger partial charge is 0.374 e. The Kier molecular flexibility index (Phi) is 11.9. The molecule has 0 radical (unpaired) electrons. The number of hydrogen-bond acceptors (Lipinski definition) is 6. The first-order valence-corrected chi connectivity index (χ1v) is 15.2. The zero-order valence-corrected chi connectivity index (χ0v) is 25.1. The lowest BCUT2D eigenvalue weighted by atomic mass is 9.89. The summed E-state index contributed by atoms with van der Waals surface area (Å²) in [6.07, 6.45) is -0.167. The molecule has 4 aromatic carbocycles. The molecule has 1 aliphatic heterocycles. The molecular formula is C38H42O6. The van der Waals surface area contributed by atoms with Gasteiger partial charge in [0.25, 0.3) is 0 Å². The number of rotatable bonds is 16. The van der Waals surface area contributed by atoms with Crippen molar-refractivity contribution in [2.45, 2.75) is 69.5 Å². The van der Waals surface area contributed by atoms with Gasteiger partial charge in [0, 0.05) is 6.42 Å².